The van der Waals surface area contributed by atoms with Crippen LogP contribution in [-0.4, -0.2) is 11.8 Å². The molecule has 0 unspecified atom stereocenters. The molecule has 0 atom stereocenters. The average Bonchev–Trinajstić information content (AvgIpc) is 2.44. The van der Waals surface area contributed by atoms with Crippen LogP contribution in [0.1, 0.15) is 15.9 Å². The van der Waals surface area contributed by atoms with E-state index >= 15 is 0 Å². The topological polar surface area (TPSA) is 142 Å². The highest BCUT2D eigenvalue weighted by molar-refractivity contribution is 6.00. The first-order chi connectivity index (χ1) is 9.12. The molecule has 1 aromatic rings. The molecular formula is C10H5N5O4. The van der Waals surface area contributed by atoms with Gasteiger partial charge in [0.05, 0.1) is 5.56 Å². The van der Waals surface area contributed by atoms with E-state index in [9.17, 15) is 19.4 Å². The third kappa shape index (κ3) is 3.65. The van der Waals surface area contributed by atoms with Gasteiger partial charge in [0.25, 0.3) is 5.91 Å². The summed E-state index contributed by atoms with van der Waals surface area (Å²) in [6, 6.07) is 3.80. The van der Waals surface area contributed by atoms with Gasteiger partial charge in [-0.05, 0) is 39.6 Å². The summed E-state index contributed by atoms with van der Waals surface area (Å²) in [5.41, 5.74) is 8.09. The Labute approximate surface area is 105 Å². The van der Waals surface area contributed by atoms with E-state index in [2.05, 4.69) is 20.4 Å². The standard InChI is InChI=1S/C10H5N5O4/c11-15-12-10(17)7-5-6(1-3-8(7)13-18)2-4-9(16)14-19/h1-5H/b4-2+. The van der Waals surface area contributed by atoms with Crippen molar-refractivity contribution in [1.82, 2.24) is 0 Å². The van der Waals surface area contributed by atoms with E-state index < -0.39 is 11.8 Å². The maximum absolute atomic E-state index is 11.4. The Morgan fingerprint density at radius 3 is 2.58 bits per heavy atom. The zero-order valence-corrected chi connectivity index (χ0v) is 9.26. The van der Waals surface area contributed by atoms with Crippen molar-refractivity contribution in [3.63, 3.8) is 0 Å². The maximum Gasteiger partial charge on any atom is 0.309 e. The molecular weight excluding hydrogens is 254 g/mol. The van der Waals surface area contributed by atoms with Gasteiger partial charge in [-0.1, -0.05) is 6.07 Å². The van der Waals surface area contributed by atoms with Crippen LogP contribution in [0.5, 0.6) is 0 Å². The van der Waals surface area contributed by atoms with Gasteiger partial charge in [-0.25, -0.2) is 0 Å². The number of hydrogen-bond donors (Lipinski definition) is 0. The number of azide groups is 1. The number of hydrogen-bond acceptors (Lipinski definition) is 5. The van der Waals surface area contributed by atoms with Crippen LogP contribution in [0, 0.1) is 9.81 Å². The van der Waals surface area contributed by atoms with Gasteiger partial charge in [-0.15, -0.1) is 9.81 Å². The largest absolute Gasteiger partial charge is 0.309 e. The minimum absolute atomic E-state index is 0.200. The molecule has 0 spiro atoms. The summed E-state index contributed by atoms with van der Waals surface area (Å²) in [7, 11) is 0. The van der Waals surface area contributed by atoms with Gasteiger partial charge >= 0.3 is 5.91 Å². The quantitative estimate of drug-likeness (QED) is 0.269. The molecule has 0 saturated carbocycles. The Hall–Kier alpha value is -3.19. The predicted octanol–water partition coefficient (Wildman–Crippen LogP) is 2.84. The Bertz CT molecular complexity index is 631. The average molecular weight is 259 g/mol. The van der Waals surface area contributed by atoms with Crippen LogP contribution in [0.4, 0.5) is 5.69 Å². The molecule has 0 radical (unpaired) electrons. The summed E-state index contributed by atoms with van der Waals surface area (Å²) in [5.74, 6) is -1.98. The second kappa shape index (κ2) is 6.52. The molecule has 0 bridgehead atoms. The van der Waals surface area contributed by atoms with Crippen molar-refractivity contribution in [2.24, 2.45) is 15.5 Å². The van der Waals surface area contributed by atoms with Crippen molar-refractivity contribution in [1.29, 1.82) is 0 Å². The first-order valence-corrected chi connectivity index (χ1v) is 4.74. The van der Waals surface area contributed by atoms with Gasteiger partial charge in [-0.2, -0.15) is 0 Å². The third-order valence-corrected chi connectivity index (χ3v) is 1.99. The smallest absolute Gasteiger partial charge is 0.287 e. The highest BCUT2D eigenvalue weighted by atomic mass is 16.3. The van der Waals surface area contributed by atoms with Crippen LogP contribution >= 0.6 is 0 Å². The molecule has 1 rings (SSSR count). The lowest BCUT2D eigenvalue weighted by atomic mass is 10.1. The van der Waals surface area contributed by atoms with E-state index in [0.717, 1.165) is 6.08 Å². The molecule has 0 saturated heterocycles. The molecule has 0 aliphatic heterocycles. The molecule has 0 heterocycles. The molecule has 0 fully saturated rings. The highest BCUT2D eigenvalue weighted by Crippen LogP contribution is 2.22. The fourth-order valence-corrected chi connectivity index (χ4v) is 1.20. The summed E-state index contributed by atoms with van der Waals surface area (Å²) >= 11 is 0. The molecule has 1 aromatic carbocycles. The fraction of sp³-hybridized carbons (Fsp3) is 0. The fourth-order valence-electron chi connectivity index (χ4n) is 1.20. The number of nitroso groups, excluding NO2 is 2. The molecule has 0 aliphatic rings. The monoisotopic (exact) mass is 259 g/mol. The van der Waals surface area contributed by atoms with E-state index in [0.29, 0.717) is 5.56 Å². The van der Waals surface area contributed by atoms with Gasteiger partial charge in [0.1, 0.15) is 5.69 Å². The SMILES string of the molecule is [N-]=[N+]=NC(=O)c1cc(/C=C/C(=O)N=O)ccc1N=O. The summed E-state index contributed by atoms with van der Waals surface area (Å²) in [5, 5.41) is 7.60. The van der Waals surface area contributed by atoms with Gasteiger partial charge in [0.2, 0.25) is 0 Å². The second-order valence-electron chi connectivity index (χ2n) is 3.13. The predicted molar refractivity (Wildman–Crippen MR) is 65.2 cm³/mol. The molecule has 0 N–H and O–H groups in total. The Morgan fingerprint density at radius 2 is 2.00 bits per heavy atom. The van der Waals surface area contributed by atoms with Gasteiger partial charge in [-0.3, -0.25) is 9.59 Å². The van der Waals surface area contributed by atoms with Crippen LogP contribution in [0.15, 0.2) is 39.7 Å². The molecule has 0 aromatic heterocycles. The number of amides is 2. The Balaban J connectivity index is 3.22. The van der Waals surface area contributed by atoms with Crippen LogP contribution in [0.25, 0.3) is 16.5 Å². The molecule has 19 heavy (non-hydrogen) atoms. The number of benzene rings is 1. The van der Waals surface area contributed by atoms with Crippen molar-refractivity contribution in [2.75, 3.05) is 0 Å². The number of carbonyl (C=O) groups excluding carboxylic acids is 2. The van der Waals surface area contributed by atoms with E-state index in [-0.39, 0.29) is 11.3 Å². The molecule has 9 heteroatoms. The van der Waals surface area contributed by atoms with Gasteiger partial charge in [0, 0.05) is 16.2 Å². The minimum Gasteiger partial charge on any atom is -0.287 e. The van der Waals surface area contributed by atoms with Gasteiger partial charge < -0.3 is 0 Å². The van der Waals surface area contributed by atoms with Crippen molar-refractivity contribution >= 4 is 23.6 Å². The van der Waals surface area contributed by atoms with Crippen LogP contribution in [0.2, 0.25) is 0 Å². The maximum atomic E-state index is 11.4. The van der Waals surface area contributed by atoms with Crippen LogP contribution in [-0.2, 0) is 4.79 Å². The van der Waals surface area contributed by atoms with Crippen LogP contribution in [0.3, 0.4) is 0 Å². The number of carbonyl (C=O) groups is 2. The minimum atomic E-state index is -1.000. The molecule has 94 valence electrons. The van der Waals surface area contributed by atoms with Crippen molar-refractivity contribution in [3.05, 3.63) is 55.7 Å². The zero-order valence-electron chi connectivity index (χ0n) is 9.26. The van der Waals surface area contributed by atoms with E-state index in [4.69, 9.17) is 5.53 Å². The number of rotatable bonds is 4. The second-order valence-corrected chi connectivity index (χ2v) is 3.13. The summed E-state index contributed by atoms with van der Waals surface area (Å²) in [6.45, 7) is 0. The molecule has 2 amide bonds. The van der Waals surface area contributed by atoms with Crippen molar-refractivity contribution < 1.29 is 9.59 Å². The lowest BCUT2D eigenvalue weighted by Gasteiger charge is -2.00. The molecule has 0 aliphatic carbocycles. The lowest BCUT2D eigenvalue weighted by molar-refractivity contribution is -0.113. The summed E-state index contributed by atoms with van der Waals surface area (Å²) in [6.07, 6.45) is 2.10. The van der Waals surface area contributed by atoms with E-state index in [1.54, 1.807) is 0 Å². The Kier molecular flexibility index (Phi) is 4.76. The molecule has 9 nitrogen and oxygen atoms in total. The van der Waals surface area contributed by atoms with E-state index in [1.807, 2.05) is 0 Å². The van der Waals surface area contributed by atoms with E-state index in [1.165, 1.54) is 24.3 Å². The first kappa shape index (κ1) is 13.9. The zero-order chi connectivity index (χ0) is 14.3. The van der Waals surface area contributed by atoms with Gasteiger partial charge in [0.15, 0.2) is 0 Å². The normalized spacial score (nSPS) is 9.68. The van der Waals surface area contributed by atoms with Crippen molar-refractivity contribution in [2.45, 2.75) is 0 Å². The van der Waals surface area contributed by atoms with Crippen LogP contribution < -0.4 is 0 Å². The summed E-state index contributed by atoms with van der Waals surface area (Å²) in [4.78, 5) is 44.7. The lowest BCUT2D eigenvalue weighted by Crippen LogP contribution is -1.94. The van der Waals surface area contributed by atoms with Crippen molar-refractivity contribution in [3.8, 4) is 0 Å². The summed E-state index contributed by atoms with van der Waals surface area (Å²) < 4.78 is 0. The third-order valence-electron chi connectivity index (χ3n) is 1.99. The highest BCUT2D eigenvalue weighted by Gasteiger charge is 2.11. The Morgan fingerprint density at radius 1 is 1.26 bits per heavy atom. The number of nitrogens with zero attached hydrogens (tertiary/aromatic N) is 5. The first-order valence-electron chi connectivity index (χ1n) is 4.74.